The normalized spacial score (nSPS) is 10.9. The molecular weight excluding hydrogens is 130 g/mol. The summed E-state index contributed by atoms with van der Waals surface area (Å²) < 4.78 is 6.76. The monoisotopic (exact) mass is 137 g/mol. The zero-order valence-corrected chi connectivity index (χ0v) is 5.32. The lowest BCUT2D eigenvalue weighted by Gasteiger charge is -1.83. The Morgan fingerprint density at radius 1 is 1.70 bits per heavy atom. The lowest BCUT2D eigenvalue weighted by molar-refractivity contribution is 0.602. The summed E-state index contributed by atoms with van der Waals surface area (Å²) in [6.45, 7) is 0.469. The molecular formula is C6H7N3O. The van der Waals surface area contributed by atoms with Gasteiger partial charge >= 0.3 is 0 Å². The van der Waals surface area contributed by atoms with Gasteiger partial charge in [0.25, 0.3) is 0 Å². The second kappa shape index (κ2) is 1.85. The molecule has 10 heavy (non-hydrogen) atoms. The highest BCUT2D eigenvalue weighted by Gasteiger charge is 2.02. The Hall–Kier alpha value is -1.29. The fraction of sp³-hybridized carbons (Fsp3) is 0.167. The molecule has 2 heterocycles. The van der Waals surface area contributed by atoms with Gasteiger partial charge in [0.1, 0.15) is 6.26 Å². The van der Waals surface area contributed by atoms with Crippen molar-refractivity contribution in [2.75, 3.05) is 0 Å². The van der Waals surface area contributed by atoms with E-state index in [4.69, 9.17) is 10.2 Å². The van der Waals surface area contributed by atoms with Crippen LogP contribution in [0.1, 0.15) is 5.56 Å². The maximum atomic E-state index is 5.41. The summed E-state index contributed by atoms with van der Waals surface area (Å²) in [6, 6.07) is 0. The summed E-state index contributed by atoms with van der Waals surface area (Å²) in [5, 5.41) is 3.99. The molecule has 0 saturated carbocycles. The van der Waals surface area contributed by atoms with Gasteiger partial charge in [-0.25, -0.2) is 4.52 Å². The van der Waals surface area contributed by atoms with Crippen molar-refractivity contribution in [1.29, 1.82) is 0 Å². The molecule has 0 aliphatic rings. The van der Waals surface area contributed by atoms with Gasteiger partial charge in [0, 0.05) is 12.1 Å². The molecule has 0 aliphatic heterocycles. The van der Waals surface area contributed by atoms with E-state index in [1.54, 1.807) is 23.2 Å². The average molecular weight is 137 g/mol. The van der Waals surface area contributed by atoms with Crippen LogP contribution in [0.15, 0.2) is 23.1 Å². The largest absolute Gasteiger partial charge is 0.445 e. The quantitative estimate of drug-likeness (QED) is 0.618. The van der Waals surface area contributed by atoms with Crippen molar-refractivity contribution in [3.05, 3.63) is 24.2 Å². The number of hydrogen-bond acceptors (Lipinski definition) is 3. The van der Waals surface area contributed by atoms with E-state index < -0.39 is 0 Å². The minimum absolute atomic E-state index is 0.469. The van der Waals surface area contributed by atoms with Crippen molar-refractivity contribution >= 4 is 5.71 Å². The summed E-state index contributed by atoms with van der Waals surface area (Å²) in [6.07, 6.45) is 5.04. The van der Waals surface area contributed by atoms with E-state index in [0.29, 0.717) is 6.54 Å². The average Bonchev–Trinajstić information content (AvgIpc) is 2.44. The van der Waals surface area contributed by atoms with Crippen LogP contribution in [0.3, 0.4) is 0 Å². The second-order valence-electron chi connectivity index (χ2n) is 2.03. The minimum atomic E-state index is 0.469. The molecule has 0 atom stereocenters. The van der Waals surface area contributed by atoms with Crippen LogP contribution in [0.5, 0.6) is 0 Å². The maximum Gasteiger partial charge on any atom is 0.225 e. The number of hydrogen-bond donors (Lipinski definition) is 1. The smallest absolute Gasteiger partial charge is 0.225 e. The predicted octanol–water partition coefficient (Wildman–Crippen LogP) is 0.386. The van der Waals surface area contributed by atoms with E-state index in [0.717, 1.165) is 11.3 Å². The highest BCUT2D eigenvalue weighted by molar-refractivity contribution is 5.42. The van der Waals surface area contributed by atoms with Crippen LogP contribution in [0.25, 0.3) is 5.71 Å². The van der Waals surface area contributed by atoms with E-state index in [1.807, 2.05) is 0 Å². The first kappa shape index (κ1) is 5.49. The number of nitrogens with two attached hydrogens (primary N) is 1. The Balaban J connectivity index is 2.76. The highest BCUT2D eigenvalue weighted by atomic mass is 16.3. The molecule has 0 spiro atoms. The van der Waals surface area contributed by atoms with Crippen LogP contribution in [-0.2, 0) is 6.54 Å². The van der Waals surface area contributed by atoms with Crippen LogP contribution < -0.4 is 5.73 Å². The standard InChI is InChI=1S/C6H7N3O/c7-3-5-4-8-9-1-2-10-6(5)9/h1-2,4H,3,7H2. The Morgan fingerprint density at radius 3 is 3.40 bits per heavy atom. The minimum Gasteiger partial charge on any atom is -0.445 e. The van der Waals surface area contributed by atoms with Crippen molar-refractivity contribution in [2.45, 2.75) is 6.54 Å². The highest BCUT2D eigenvalue weighted by Crippen LogP contribution is 2.08. The molecule has 0 fully saturated rings. The van der Waals surface area contributed by atoms with E-state index in [1.165, 1.54) is 0 Å². The predicted molar refractivity (Wildman–Crippen MR) is 35.3 cm³/mol. The molecule has 4 heteroatoms. The van der Waals surface area contributed by atoms with Crippen molar-refractivity contribution in [1.82, 2.24) is 9.61 Å². The molecule has 2 N–H and O–H groups in total. The zero-order chi connectivity index (χ0) is 6.97. The van der Waals surface area contributed by atoms with Crippen LogP contribution in [0.2, 0.25) is 0 Å². The Bertz CT molecular complexity index is 335. The molecule has 2 aromatic rings. The zero-order valence-electron chi connectivity index (χ0n) is 5.32. The van der Waals surface area contributed by atoms with Crippen LogP contribution in [0, 0.1) is 0 Å². The number of nitrogens with zero attached hydrogens (tertiary/aromatic N) is 2. The van der Waals surface area contributed by atoms with E-state index in [-0.39, 0.29) is 0 Å². The lowest BCUT2D eigenvalue weighted by atomic mass is 10.4. The van der Waals surface area contributed by atoms with Gasteiger partial charge in [0.2, 0.25) is 5.71 Å². The maximum absolute atomic E-state index is 5.41. The third-order valence-electron chi connectivity index (χ3n) is 1.42. The van der Waals surface area contributed by atoms with E-state index in [9.17, 15) is 0 Å². The SMILES string of the molecule is NCc1cnn2ccoc12. The number of aromatic nitrogens is 2. The first-order valence-electron chi connectivity index (χ1n) is 3.01. The van der Waals surface area contributed by atoms with E-state index in [2.05, 4.69) is 5.10 Å². The Labute approximate surface area is 57.2 Å². The molecule has 0 radical (unpaired) electrons. The molecule has 0 saturated heterocycles. The molecule has 2 aromatic heterocycles. The van der Waals surface area contributed by atoms with Crippen molar-refractivity contribution in [2.24, 2.45) is 5.73 Å². The van der Waals surface area contributed by atoms with Gasteiger partial charge in [-0.2, -0.15) is 5.10 Å². The number of oxazole rings is 1. The fourth-order valence-electron chi connectivity index (χ4n) is 0.915. The van der Waals surface area contributed by atoms with Gasteiger partial charge < -0.3 is 10.2 Å². The molecule has 4 nitrogen and oxygen atoms in total. The van der Waals surface area contributed by atoms with Gasteiger partial charge in [0.15, 0.2) is 0 Å². The first-order chi connectivity index (χ1) is 4.92. The summed E-state index contributed by atoms with van der Waals surface area (Å²) in [5.74, 6) is 0. The van der Waals surface area contributed by atoms with Gasteiger partial charge in [-0.3, -0.25) is 0 Å². The molecule has 0 aliphatic carbocycles. The molecule has 0 unspecified atom stereocenters. The van der Waals surface area contributed by atoms with Gasteiger partial charge in [0.05, 0.1) is 12.4 Å². The Morgan fingerprint density at radius 2 is 2.60 bits per heavy atom. The molecule has 2 rings (SSSR count). The summed E-state index contributed by atoms with van der Waals surface area (Å²) in [5.41, 5.74) is 7.08. The molecule has 0 amide bonds. The fourth-order valence-corrected chi connectivity index (χ4v) is 0.915. The summed E-state index contributed by atoms with van der Waals surface area (Å²) >= 11 is 0. The molecule has 0 aromatic carbocycles. The van der Waals surface area contributed by atoms with Crippen molar-refractivity contribution < 1.29 is 4.42 Å². The van der Waals surface area contributed by atoms with Crippen molar-refractivity contribution in [3.63, 3.8) is 0 Å². The van der Waals surface area contributed by atoms with Gasteiger partial charge in [-0.15, -0.1) is 0 Å². The Kier molecular flexibility index (Phi) is 1.01. The topological polar surface area (TPSA) is 56.5 Å². The van der Waals surface area contributed by atoms with Gasteiger partial charge in [-0.05, 0) is 0 Å². The second-order valence-corrected chi connectivity index (χ2v) is 2.03. The van der Waals surface area contributed by atoms with Crippen LogP contribution in [-0.4, -0.2) is 9.61 Å². The molecule has 0 bridgehead atoms. The third kappa shape index (κ3) is 0.563. The van der Waals surface area contributed by atoms with Crippen LogP contribution in [0.4, 0.5) is 0 Å². The third-order valence-corrected chi connectivity index (χ3v) is 1.42. The molecule has 52 valence electrons. The van der Waals surface area contributed by atoms with Crippen LogP contribution >= 0.6 is 0 Å². The van der Waals surface area contributed by atoms with E-state index >= 15 is 0 Å². The number of rotatable bonds is 1. The van der Waals surface area contributed by atoms with Crippen molar-refractivity contribution in [3.8, 4) is 0 Å². The summed E-state index contributed by atoms with van der Waals surface area (Å²) in [7, 11) is 0. The number of fused-ring (bicyclic) bond motifs is 1. The summed E-state index contributed by atoms with van der Waals surface area (Å²) in [4.78, 5) is 0. The van der Waals surface area contributed by atoms with Gasteiger partial charge in [-0.1, -0.05) is 0 Å². The first-order valence-corrected chi connectivity index (χ1v) is 3.01. The lowest BCUT2D eigenvalue weighted by Crippen LogP contribution is -1.93.